The zero-order valence-corrected chi connectivity index (χ0v) is 16.5. The molecule has 0 unspecified atom stereocenters. The van der Waals surface area contributed by atoms with Crippen molar-refractivity contribution in [1.29, 1.82) is 0 Å². The Labute approximate surface area is 149 Å². The second kappa shape index (κ2) is 10.7. The predicted octanol–water partition coefficient (Wildman–Crippen LogP) is 3.12. The van der Waals surface area contributed by atoms with Crippen molar-refractivity contribution in [3.63, 3.8) is 0 Å². The highest BCUT2D eigenvalue weighted by Gasteiger charge is 2.22. The third-order valence-electron chi connectivity index (χ3n) is 5.49. The number of hydrogen-bond acceptors (Lipinski definition) is 4. The van der Waals surface area contributed by atoms with Crippen molar-refractivity contribution in [2.45, 2.75) is 53.1 Å². The van der Waals surface area contributed by atoms with Gasteiger partial charge in [0.25, 0.3) is 0 Å². The lowest BCUT2D eigenvalue weighted by atomic mass is 9.87. The van der Waals surface area contributed by atoms with Crippen LogP contribution in [0.15, 0.2) is 0 Å². The Bertz CT molecular complexity index is 328. The Balaban J connectivity index is 1.49. The molecule has 4 nitrogen and oxygen atoms in total. The smallest absolute Gasteiger partial charge is 0.0935 e. The van der Waals surface area contributed by atoms with Gasteiger partial charge in [-0.25, -0.2) is 0 Å². The standard InChI is InChI=1S/C20H40N2O2/c1-17(2)14-22-11-13-24-20(15-22)16-23-12-5-8-21-9-6-19(7-10-21)18(3)4/h17-20H,5-16H2,1-4H3/t20-/m1/s1. The van der Waals surface area contributed by atoms with Crippen LogP contribution in [-0.2, 0) is 9.47 Å². The monoisotopic (exact) mass is 340 g/mol. The molecule has 0 aromatic carbocycles. The van der Waals surface area contributed by atoms with Crippen LogP contribution in [0, 0.1) is 17.8 Å². The lowest BCUT2D eigenvalue weighted by Crippen LogP contribution is -2.45. The molecule has 24 heavy (non-hydrogen) atoms. The summed E-state index contributed by atoms with van der Waals surface area (Å²) in [7, 11) is 0. The second-order valence-electron chi connectivity index (χ2n) is 8.50. The molecule has 0 bridgehead atoms. The van der Waals surface area contributed by atoms with Crippen LogP contribution in [0.5, 0.6) is 0 Å². The number of piperidine rings is 1. The molecule has 2 aliphatic heterocycles. The third kappa shape index (κ3) is 7.38. The van der Waals surface area contributed by atoms with Crippen molar-refractivity contribution in [1.82, 2.24) is 9.80 Å². The van der Waals surface area contributed by atoms with E-state index in [2.05, 4.69) is 37.5 Å². The van der Waals surface area contributed by atoms with E-state index in [1.54, 1.807) is 0 Å². The Morgan fingerprint density at radius 3 is 2.46 bits per heavy atom. The summed E-state index contributed by atoms with van der Waals surface area (Å²) in [6.45, 7) is 18.8. The van der Waals surface area contributed by atoms with Gasteiger partial charge >= 0.3 is 0 Å². The molecule has 1 atom stereocenters. The molecule has 2 aliphatic rings. The van der Waals surface area contributed by atoms with Gasteiger partial charge in [-0.05, 0) is 50.1 Å². The van der Waals surface area contributed by atoms with Gasteiger partial charge in [0.1, 0.15) is 0 Å². The highest BCUT2D eigenvalue weighted by molar-refractivity contribution is 4.74. The zero-order chi connectivity index (χ0) is 17.4. The minimum absolute atomic E-state index is 0.263. The van der Waals surface area contributed by atoms with Crippen LogP contribution in [0.3, 0.4) is 0 Å². The summed E-state index contributed by atoms with van der Waals surface area (Å²) in [5, 5.41) is 0. The first-order valence-electron chi connectivity index (χ1n) is 10.2. The third-order valence-corrected chi connectivity index (χ3v) is 5.49. The first kappa shape index (κ1) is 20.2. The van der Waals surface area contributed by atoms with Crippen LogP contribution < -0.4 is 0 Å². The molecule has 2 rings (SSSR count). The molecule has 2 heterocycles. The lowest BCUT2D eigenvalue weighted by Gasteiger charge is -2.34. The number of rotatable bonds is 9. The van der Waals surface area contributed by atoms with E-state index >= 15 is 0 Å². The first-order chi connectivity index (χ1) is 11.5. The Morgan fingerprint density at radius 2 is 1.79 bits per heavy atom. The van der Waals surface area contributed by atoms with Gasteiger partial charge in [-0.15, -0.1) is 0 Å². The summed E-state index contributed by atoms with van der Waals surface area (Å²) >= 11 is 0. The molecular formula is C20H40N2O2. The summed E-state index contributed by atoms with van der Waals surface area (Å²) in [5.41, 5.74) is 0. The normalized spacial score (nSPS) is 25.0. The van der Waals surface area contributed by atoms with Crippen LogP contribution in [0.4, 0.5) is 0 Å². The summed E-state index contributed by atoms with van der Waals surface area (Å²) < 4.78 is 11.7. The molecule has 0 saturated carbocycles. The molecule has 142 valence electrons. The molecule has 2 fully saturated rings. The van der Waals surface area contributed by atoms with Crippen LogP contribution in [-0.4, -0.2) is 75.0 Å². The van der Waals surface area contributed by atoms with Crippen molar-refractivity contribution in [2.75, 3.05) is 59.1 Å². The first-order valence-corrected chi connectivity index (χ1v) is 10.2. The topological polar surface area (TPSA) is 24.9 Å². The Kier molecular flexibility index (Phi) is 9.02. The van der Waals surface area contributed by atoms with Crippen molar-refractivity contribution in [3.05, 3.63) is 0 Å². The zero-order valence-electron chi connectivity index (χ0n) is 16.5. The van der Waals surface area contributed by atoms with Crippen LogP contribution in [0.1, 0.15) is 47.0 Å². The maximum Gasteiger partial charge on any atom is 0.0935 e. The van der Waals surface area contributed by atoms with Gasteiger partial charge in [0, 0.05) is 32.8 Å². The molecule has 0 aromatic heterocycles. The number of nitrogens with zero attached hydrogens (tertiary/aromatic N) is 2. The van der Waals surface area contributed by atoms with E-state index in [0.717, 1.165) is 57.1 Å². The van der Waals surface area contributed by atoms with Gasteiger partial charge in [0.2, 0.25) is 0 Å². The van der Waals surface area contributed by atoms with Crippen LogP contribution in [0.25, 0.3) is 0 Å². The number of morpholine rings is 1. The number of likely N-dealkylation sites (tertiary alicyclic amines) is 1. The Hall–Kier alpha value is -0.160. The van der Waals surface area contributed by atoms with Crippen LogP contribution >= 0.6 is 0 Å². The fourth-order valence-corrected chi connectivity index (χ4v) is 4.01. The second-order valence-corrected chi connectivity index (χ2v) is 8.50. The fraction of sp³-hybridized carbons (Fsp3) is 1.00. The summed E-state index contributed by atoms with van der Waals surface area (Å²) in [6, 6.07) is 0. The van der Waals surface area contributed by atoms with E-state index in [-0.39, 0.29) is 6.10 Å². The fourth-order valence-electron chi connectivity index (χ4n) is 4.01. The maximum atomic E-state index is 5.90. The molecule has 0 amide bonds. The van der Waals surface area contributed by atoms with Gasteiger partial charge < -0.3 is 14.4 Å². The van der Waals surface area contributed by atoms with Crippen molar-refractivity contribution >= 4 is 0 Å². The SMILES string of the molecule is CC(C)CN1CCO[C@@H](COCCCN2CCC(C(C)C)CC2)C1. The Morgan fingerprint density at radius 1 is 1.04 bits per heavy atom. The lowest BCUT2D eigenvalue weighted by molar-refractivity contribution is -0.0717. The predicted molar refractivity (Wildman–Crippen MR) is 100 cm³/mol. The molecule has 2 saturated heterocycles. The van der Waals surface area contributed by atoms with Gasteiger partial charge in [0.15, 0.2) is 0 Å². The van der Waals surface area contributed by atoms with Gasteiger partial charge in [0.05, 0.1) is 19.3 Å². The molecule has 4 heteroatoms. The molecule has 0 aliphatic carbocycles. The van der Waals surface area contributed by atoms with Crippen LogP contribution in [0.2, 0.25) is 0 Å². The van der Waals surface area contributed by atoms with E-state index < -0.39 is 0 Å². The molecule has 0 N–H and O–H groups in total. The van der Waals surface area contributed by atoms with Crippen molar-refractivity contribution < 1.29 is 9.47 Å². The van der Waals surface area contributed by atoms with Crippen molar-refractivity contribution in [3.8, 4) is 0 Å². The van der Waals surface area contributed by atoms with E-state index in [9.17, 15) is 0 Å². The summed E-state index contributed by atoms with van der Waals surface area (Å²) in [6.07, 6.45) is 4.16. The van der Waals surface area contributed by atoms with Gasteiger partial charge in [-0.3, -0.25) is 4.90 Å². The largest absolute Gasteiger partial charge is 0.379 e. The average Bonchev–Trinajstić information content (AvgIpc) is 2.55. The van der Waals surface area contributed by atoms with E-state index in [1.165, 1.54) is 39.0 Å². The van der Waals surface area contributed by atoms with E-state index in [1.807, 2.05) is 0 Å². The van der Waals surface area contributed by atoms with Gasteiger partial charge in [-0.2, -0.15) is 0 Å². The minimum atomic E-state index is 0.263. The van der Waals surface area contributed by atoms with Crippen molar-refractivity contribution in [2.24, 2.45) is 17.8 Å². The maximum absolute atomic E-state index is 5.90. The molecule has 0 radical (unpaired) electrons. The summed E-state index contributed by atoms with van der Waals surface area (Å²) in [4.78, 5) is 5.13. The molecular weight excluding hydrogens is 300 g/mol. The minimum Gasteiger partial charge on any atom is -0.379 e. The highest BCUT2D eigenvalue weighted by Crippen LogP contribution is 2.24. The molecule has 0 spiro atoms. The quantitative estimate of drug-likeness (QED) is 0.602. The summed E-state index contributed by atoms with van der Waals surface area (Å²) in [5.74, 6) is 2.51. The van der Waals surface area contributed by atoms with E-state index in [0.29, 0.717) is 0 Å². The van der Waals surface area contributed by atoms with Gasteiger partial charge in [-0.1, -0.05) is 27.7 Å². The average molecular weight is 341 g/mol. The number of ether oxygens (including phenoxy) is 2. The highest BCUT2D eigenvalue weighted by atomic mass is 16.5. The molecule has 0 aromatic rings. The van der Waals surface area contributed by atoms with E-state index in [4.69, 9.17) is 9.47 Å². The number of hydrogen-bond donors (Lipinski definition) is 0.